The molecule has 1 unspecified atom stereocenters. The Hall–Kier alpha value is -3.78. The number of hydrogen-bond donors (Lipinski definition) is 6. The van der Waals surface area contributed by atoms with Crippen molar-refractivity contribution in [1.29, 1.82) is 0 Å². The van der Waals surface area contributed by atoms with Gasteiger partial charge in [0, 0.05) is 24.6 Å². The van der Waals surface area contributed by atoms with Crippen LogP contribution in [0.25, 0.3) is 0 Å². The maximum absolute atomic E-state index is 11.7. The summed E-state index contributed by atoms with van der Waals surface area (Å²) in [6, 6.07) is 1.69. The molecule has 0 bridgehead atoms. The van der Waals surface area contributed by atoms with Crippen LogP contribution in [0.3, 0.4) is 0 Å². The van der Waals surface area contributed by atoms with Gasteiger partial charge < -0.3 is 9.84 Å². The Kier molecular flexibility index (Phi) is 6.78. The molecule has 1 aromatic carbocycles. The second-order valence-electron chi connectivity index (χ2n) is 5.37. The van der Waals surface area contributed by atoms with Crippen molar-refractivity contribution in [3.8, 4) is 11.5 Å². The van der Waals surface area contributed by atoms with Crippen molar-refractivity contribution >= 4 is 29.7 Å². The van der Waals surface area contributed by atoms with Crippen LogP contribution in [0.5, 0.6) is 11.5 Å². The van der Waals surface area contributed by atoms with Gasteiger partial charge in [-0.05, 0) is 6.07 Å². The number of rotatable bonds is 8. The zero-order valence-electron chi connectivity index (χ0n) is 14.5. The number of hydrazone groups is 1. The van der Waals surface area contributed by atoms with Gasteiger partial charge in [-0.3, -0.25) is 35.8 Å². The van der Waals surface area contributed by atoms with Gasteiger partial charge in [0.05, 0.1) is 18.2 Å². The van der Waals surface area contributed by atoms with E-state index in [0.29, 0.717) is 0 Å². The molecule has 0 aliphatic carbocycles. The number of aromatic hydroxyl groups is 1. The lowest BCUT2D eigenvalue weighted by Gasteiger charge is -2.23. The average molecular weight is 395 g/mol. The highest BCUT2D eigenvalue weighted by Crippen LogP contribution is 2.36. The van der Waals surface area contributed by atoms with Gasteiger partial charge in [-0.2, -0.15) is 5.10 Å². The molecule has 14 nitrogen and oxygen atoms in total. The molecule has 2 rings (SSSR count). The van der Waals surface area contributed by atoms with Gasteiger partial charge in [0.2, 0.25) is 11.7 Å². The van der Waals surface area contributed by atoms with E-state index >= 15 is 0 Å². The van der Waals surface area contributed by atoms with Gasteiger partial charge in [-0.25, -0.2) is 15.6 Å². The molecule has 1 atom stereocenters. The summed E-state index contributed by atoms with van der Waals surface area (Å²) in [4.78, 5) is 44.2. The van der Waals surface area contributed by atoms with E-state index in [1.54, 1.807) is 0 Å². The van der Waals surface area contributed by atoms with Crippen molar-refractivity contribution in [2.75, 3.05) is 13.7 Å². The molecule has 150 valence electrons. The lowest BCUT2D eigenvalue weighted by atomic mass is 10.2. The Morgan fingerprint density at radius 1 is 1.46 bits per heavy atom. The lowest BCUT2D eigenvalue weighted by molar-refractivity contribution is -0.386. The third kappa shape index (κ3) is 5.36. The molecular formula is C14H17N7O7. The number of nitro benzene ring substituents is 1. The van der Waals surface area contributed by atoms with Gasteiger partial charge >= 0.3 is 11.7 Å². The Labute approximate surface area is 157 Å². The molecule has 0 saturated carbocycles. The number of imide groups is 1. The van der Waals surface area contributed by atoms with Gasteiger partial charge in [-0.1, -0.05) is 0 Å². The summed E-state index contributed by atoms with van der Waals surface area (Å²) >= 11 is 0. The maximum atomic E-state index is 11.7. The summed E-state index contributed by atoms with van der Waals surface area (Å²) in [5.74, 6) is -1.82. The SMILES string of the molecule is COc1cc(/C=N/NC(=O)CCNC2NNC(=O)NC2=O)cc([N+](=O)[O-])c1O. The third-order valence-corrected chi connectivity index (χ3v) is 3.43. The molecule has 14 heteroatoms. The number of nitrogens with zero attached hydrogens (tertiary/aromatic N) is 2. The van der Waals surface area contributed by atoms with Crippen LogP contribution in [-0.4, -0.2) is 53.9 Å². The highest BCUT2D eigenvalue weighted by Gasteiger charge is 2.25. The number of hydrazine groups is 1. The molecule has 1 aromatic rings. The predicted octanol–water partition coefficient (Wildman–Crippen LogP) is -1.59. The van der Waals surface area contributed by atoms with Crippen molar-refractivity contribution in [2.45, 2.75) is 12.6 Å². The number of carbonyl (C=O) groups is 3. The first-order valence-corrected chi connectivity index (χ1v) is 7.79. The van der Waals surface area contributed by atoms with Gasteiger partial charge in [0.15, 0.2) is 11.9 Å². The van der Waals surface area contributed by atoms with Gasteiger partial charge in [-0.15, -0.1) is 0 Å². The zero-order valence-corrected chi connectivity index (χ0v) is 14.5. The summed E-state index contributed by atoms with van der Waals surface area (Å²) in [6.45, 7) is 0.0980. The number of phenolic OH excluding ortho intramolecular Hbond substituents is 1. The van der Waals surface area contributed by atoms with E-state index in [1.165, 1.54) is 13.2 Å². The van der Waals surface area contributed by atoms with Crippen LogP contribution >= 0.6 is 0 Å². The smallest absolute Gasteiger partial charge is 0.335 e. The normalized spacial score (nSPS) is 16.4. The van der Waals surface area contributed by atoms with Crippen LogP contribution in [-0.2, 0) is 9.59 Å². The van der Waals surface area contributed by atoms with Crippen LogP contribution in [0.1, 0.15) is 12.0 Å². The fourth-order valence-corrected chi connectivity index (χ4v) is 2.11. The molecular weight excluding hydrogens is 378 g/mol. The van der Waals surface area contributed by atoms with E-state index in [9.17, 15) is 29.6 Å². The molecule has 1 saturated heterocycles. The molecule has 0 aromatic heterocycles. The van der Waals surface area contributed by atoms with Crippen molar-refractivity contribution < 1.29 is 29.2 Å². The number of amides is 4. The number of ether oxygens (including phenoxy) is 1. The summed E-state index contributed by atoms with van der Waals surface area (Å²) in [7, 11) is 1.24. The largest absolute Gasteiger partial charge is 0.500 e. The second-order valence-corrected chi connectivity index (χ2v) is 5.37. The first-order chi connectivity index (χ1) is 13.3. The molecule has 1 aliphatic heterocycles. The first-order valence-electron chi connectivity index (χ1n) is 7.79. The average Bonchev–Trinajstić information content (AvgIpc) is 2.64. The summed E-state index contributed by atoms with van der Waals surface area (Å²) < 4.78 is 4.85. The monoisotopic (exact) mass is 395 g/mol. The summed E-state index contributed by atoms with van der Waals surface area (Å²) in [6.07, 6.45) is 0.209. The van der Waals surface area contributed by atoms with Gasteiger partial charge in [0.1, 0.15) is 0 Å². The van der Waals surface area contributed by atoms with E-state index in [2.05, 4.69) is 26.7 Å². The van der Waals surface area contributed by atoms with Crippen molar-refractivity contribution in [2.24, 2.45) is 5.10 Å². The number of methoxy groups -OCH3 is 1. The molecule has 6 N–H and O–H groups in total. The fourth-order valence-electron chi connectivity index (χ4n) is 2.11. The van der Waals surface area contributed by atoms with Crippen molar-refractivity contribution in [3.05, 3.63) is 27.8 Å². The molecule has 0 radical (unpaired) electrons. The van der Waals surface area contributed by atoms with E-state index in [-0.39, 0.29) is 24.3 Å². The minimum Gasteiger partial charge on any atom is -0.500 e. The minimum atomic E-state index is -0.890. The second kappa shape index (κ2) is 9.24. The van der Waals surface area contributed by atoms with Gasteiger partial charge in [0.25, 0.3) is 5.91 Å². The van der Waals surface area contributed by atoms with Crippen LogP contribution in [0.15, 0.2) is 17.2 Å². The Morgan fingerprint density at radius 3 is 2.86 bits per heavy atom. The standard InChI is InChI=1S/C14H17N7O7/c1-28-9-5-7(4-8(11(9)23)21(26)27)6-16-18-10(22)2-3-15-12-13(24)17-14(25)20-19-12/h4-6,12,15,19,23H,2-3H2,1H3,(H,18,22)(H2,17,20,24,25)/b16-6+. The number of carbonyl (C=O) groups excluding carboxylic acids is 3. The molecule has 1 aliphatic rings. The number of phenols is 1. The lowest BCUT2D eigenvalue weighted by Crippen LogP contribution is -2.67. The van der Waals surface area contributed by atoms with Crippen LogP contribution < -0.4 is 31.6 Å². The fraction of sp³-hybridized carbons (Fsp3) is 0.286. The van der Waals surface area contributed by atoms with Crippen molar-refractivity contribution in [1.82, 2.24) is 26.9 Å². The number of nitro groups is 1. The summed E-state index contributed by atoms with van der Waals surface area (Å²) in [5.41, 5.74) is 6.48. The third-order valence-electron chi connectivity index (χ3n) is 3.43. The highest BCUT2D eigenvalue weighted by molar-refractivity contribution is 5.98. The van der Waals surface area contributed by atoms with E-state index < -0.39 is 40.4 Å². The molecule has 28 heavy (non-hydrogen) atoms. The quantitative estimate of drug-likeness (QED) is 0.171. The van der Waals surface area contributed by atoms with Crippen LogP contribution in [0.2, 0.25) is 0 Å². The number of urea groups is 1. The van der Waals surface area contributed by atoms with E-state index in [4.69, 9.17) is 4.74 Å². The number of benzene rings is 1. The van der Waals surface area contributed by atoms with Crippen molar-refractivity contribution in [3.63, 3.8) is 0 Å². The predicted molar refractivity (Wildman–Crippen MR) is 93.3 cm³/mol. The maximum Gasteiger partial charge on any atom is 0.335 e. The van der Waals surface area contributed by atoms with E-state index in [0.717, 1.165) is 12.3 Å². The summed E-state index contributed by atoms with van der Waals surface area (Å²) in [5, 5.41) is 29.0. The Balaban J connectivity index is 1.84. The Morgan fingerprint density at radius 2 is 2.21 bits per heavy atom. The van der Waals surface area contributed by atoms with Crippen LogP contribution in [0.4, 0.5) is 10.5 Å². The van der Waals surface area contributed by atoms with E-state index in [1.807, 2.05) is 5.32 Å². The molecule has 4 amide bonds. The zero-order chi connectivity index (χ0) is 20.7. The topological polar surface area (TPSA) is 196 Å². The van der Waals surface area contributed by atoms with Crippen LogP contribution in [0, 0.1) is 10.1 Å². The molecule has 1 heterocycles. The number of hydrogen-bond acceptors (Lipinski definition) is 10. The number of nitrogens with one attached hydrogen (secondary N) is 5. The molecule has 0 spiro atoms. The first kappa shape index (κ1) is 20.5. The Bertz CT molecular complexity index is 827. The minimum absolute atomic E-state index is 0.0458. The highest BCUT2D eigenvalue weighted by atomic mass is 16.6. The molecule has 1 fully saturated rings.